The van der Waals surface area contributed by atoms with Gasteiger partial charge in [0.25, 0.3) is 5.91 Å². The van der Waals surface area contributed by atoms with Gasteiger partial charge < -0.3 is 19.5 Å². The van der Waals surface area contributed by atoms with Crippen LogP contribution in [0.2, 0.25) is 0 Å². The third-order valence-electron chi connectivity index (χ3n) is 1.44. The van der Waals surface area contributed by atoms with Crippen molar-refractivity contribution in [2.45, 2.75) is 6.29 Å². The van der Waals surface area contributed by atoms with Crippen LogP contribution in [0.15, 0.2) is 0 Å². The van der Waals surface area contributed by atoms with Gasteiger partial charge in [0.05, 0.1) is 6.61 Å². The highest BCUT2D eigenvalue weighted by atomic mass is 16.7. The molecule has 0 rings (SSSR count). The normalized spacial score (nSPS) is 10.4. The minimum Gasteiger partial charge on any atom is -0.395 e. The van der Waals surface area contributed by atoms with E-state index in [-0.39, 0.29) is 19.1 Å². The lowest BCUT2D eigenvalue weighted by Gasteiger charge is -2.20. The first kappa shape index (κ1) is 11.4. The molecule has 0 aromatic rings. The monoisotopic (exact) mass is 177 g/mol. The summed E-state index contributed by atoms with van der Waals surface area (Å²) in [6.07, 6.45) is -0.874. The number of amides is 1. The molecule has 0 aromatic heterocycles. The van der Waals surface area contributed by atoms with E-state index in [1.54, 1.807) is 7.05 Å². The zero-order chi connectivity index (χ0) is 9.56. The molecule has 0 bridgehead atoms. The number of nitrogens with zero attached hydrogens (tertiary/aromatic N) is 1. The largest absolute Gasteiger partial charge is 0.395 e. The summed E-state index contributed by atoms with van der Waals surface area (Å²) in [5, 5.41) is 8.54. The molecule has 72 valence electrons. The fraction of sp³-hybridized carbons (Fsp3) is 0.857. The van der Waals surface area contributed by atoms with Crippen molar-refractivity contribution in [1.82, 2.24) is 4.90 Å². The van der Waals surface area contributed by atoms with Gasteiger partial charge in [0.1, 0.15) is 0 Å². The lowest BCUT2D eigenvalue weighted by atomic mass is 10.5. The highest BCUT2D eigenvalue weighted by Gasteiger charge is 2.20. The zero-order valence-electron chi connectivity index (χ0n) is 7.61. The Hall–Kier alpha value is -0.650. The lowest BCUT2D eigenvalue weighted by molar-refractivity contribution is -0.169. The number of carbonyl (C=O) groups excluding carboxylic acids is 1. The Morgan fingerprint density at radius 3 is 2.33 bits per heavy atom. The van der Waals surface area contributed by atoms with Crippen LogP contribution in [-0.4, -0.2) is 56.6 Å². The SMILES string of the molecule is COC(OC)C(=O)N(C)CCO. The van der Waals surface area contributed by atoms with Crippen molar-refractivity contribution in [2.75, 3.05) is 34.4 Å². The molecule has 0 heterocycles. The van der Waals surface area contributed by atoms with Crippen LogP contribution in [0.25, 0.3) is 0 Å². The van der Waals surface area contributed by atoms with Gasteiger partial charge in [-0.05, 0) is 0 Å². The van der Waals surface area contributed by atoms with Crippen LogP contribution in [-0.2, 0) is 14.3 Å². The molecule has 0 saturated heterocycles. The fourth-order valence-corrected chi connectivity index (χ4v) is 0.738. The first-order chi connectivity index (χ1) is 5.67. The van der Waals surface area contributed by atoms with Crippen molar-refractivity contribution in [1.29, 1.82) is 0 Å². The van der Waals surface area contributed by atoms with E-state index in [0.717, 1.165) is 0 Å². The summed E-state index contributed by atoms with van der Waals surface area (Å²) in [5.74, 6) is -0.297. The number of carbonyl (C=O) groups is 1. The number of aliphatic hydroxyl groups is 1. The second kappa shape index (κ2) is 5.93. The van der Waals surface area contributed by atoms with Gasteiger partial charge in [0.2, 0.25) is 6.29 Å². The Morgan fingerprint density at radius 2 is 2.00 bits per heavy atom. The molecule has 5 nitrogen and oxygen atoms in total. The van der Waals surface area contributed by atoms with E-state index in [4.69, 9.17) is 14.6 Å². The van der Waals surface area contributed by atoms with Gasteiger partial charge in [0.15, 0.2) is 0 Å². The summed E-state index contributed by atoms with van der Waals surface area (Å²) in [6, 6.07) is 0. The molecule has 0 aromatic carbocycles. The van der Waals surface area contributed by atoms with Gasteiger partial charge in [0, 0.05) is 27.8 Å². The van der Waals surface area contributed by atoms with Crippen LogP contribution >= 0.6 is 0 Å². The molecule has 0 radical (unpaired) electrons. The first-order valence-corrected chi connectivity index (χ1v) is 3.58. The third kappa shape index (κ3) is 3.17. The summed E-state index contributed by atoms with van der Waals surface area (Å²) in [6.45, 7) is 0.213. The maximum atomic E-state index is 11.3. The van der Waals surface area contributed by atoms with Crippen molar-refractivity contribution < 1.29 is 19.4 Å². The topological polar surface area (TPSA) is 59.0 Å². The van der Waals surface area contributed by atoms with Crippen LogP contribution < -0.4 is 0 Å². The standard InChI is InChI=1S/C7H15NO4/c1-8(4-5-9)6(10)7(11-2)12-3/h7,9H,4-5H2,1-3H3. The van der Waals surface area contributed by atoms with E-state index in [0.29, 0.717) is 0 Å². The second-order valence-corrected chi connectivity index (χ2v) is 2.29. The number of methoxy groups -OCH3 is 2. The number of rotatable bonds is 5. The predicted octanol–water partition coefficient (Wildman–Crippen LogP) is -0.944. The third-order valence-corrected chi connectivity index (χ3v) is 1.44. The van der Waals surface area contributed by atoms with Crippen LogP contribution in [0, 0.1) is 0 Å². The summed E-state index contributed by atoms with van der Waals surface area (Å²) >= 11 is 0. The highest BCUT2D eigenvalue weighted by molar-refractivity contribution is 5.79. The van der Waals surface area contributed by atoms with Crippen molar-refractivity contribution in [2.24, 2.45) is 0 Å². The van der Waals surface area contributed by atoms with E-state index in [1.165, 1.54) is 19.1 Å². The number of hydrogen-bond acceptors (Lipinski definition) is 4. The molecule has 1 amide bonds. The van der Waals surface area contributed by atoms with Gasteiger partial charge in [-0.3, -0.25) is 4.79 Å². The van der Waals surface area contributed by atoms with Crippen LogP contribution in [0.5, 0.6) is 0 Å². The highest BCUT2D eigenvalue weighted by Crippen LogP contribution is 1.96. The van der Waals surface area contributed by atoms with E-state index in [1.807, 2.05) is 0 Å². The molecule has 12 heavy (non-hydrogen) atoms. The summed E-state index contributed by atoms with van der Waals surface area (Å²) in [7, 11) is 4.35. The van der Waals surface area contributed by atoms with E-state index < -0.39 is 6.29 Å². The Morgan fingerprint density at radius 1 is 1.50 bits per heavy atom. The maximum Gasteiger partial charge on any atom is 0.279 e. The average molecular weight is 177 g/mol. The van der Waals surface area contributed by atoms with Gasteiger partial charge in [-0.15, -0.1) is 0 Å². The molecular weight excluding hydrogens is 162 g/mol. The molecule has 5 heteroatoms. The molecule has 0 unspecified atom stereocenters. The van der Waals surface area contributed by atoms with Crippen LogP contribution in [0.4, 0.5) is 0 Å². The molecule has 0 aliphatic heterocycles. The minimum absolute atomic E-state index is 0.0671. The molecule has 0 atom stereocenters. The average Bonchev–Trinajstić information content (AvgIpc) is 2.07. The zero-order valence-corrected chi connectivity index (χ0v) is 7.61. The quantitative estimate of drug-likeness (QED) is 0.550. The van der Waals surface area contributed by atoms with Gasteiger partial charge >= 0.3 is 0 Å². The van der Waals surface area contributed by atoms with E-state index in [9.17, 15) is 4.79 Å². The number of hydrogen-bond donors (Lipinski definition) is 1. The maximum absolute atomic E-state index is 11.3. The number of likely N-dealkylation sites (N-methyl/N-ethyl adjacent to an activating group) is 1. The number of ether oxygens (including phenoxy) is 2. The van der Waals surface area contributed by atoms with E-state index >= 15 is 0 Å². The van der Waals surface area contributed by atoms with Crippen molar-refractivity contribution >= 4 is 5.91 Å². The molecule has 0 aliphatic rings. The molecule has 0 saturated carbocycles. The lowest BCUT2D eigenvalue weighted by Crippen LogP contribution is -2.39. The summed E-state index contributed by atoms with van der Waals surface area (Å²) in [4.78, 5) is 12.6. The van der Waals surface area contributed by atoms with Crippen molar-refractivity contribution in [3.05, 3.63) is 0 Å². The minimum atomic E-state index is -0.874. The van der Waals surface area contributed by atoms with Gasteiger partial charge in [-0.2, -0.15) is 0 Å². The van der Waals surface area contributed by atoms with Gasteiger partial charge in [-0.25, -0.2) is 0 Å². The summed E-state index contributed by atoms with van der Waals surface area (Å²) in [5.41, 5.74) is 0. The van der Waals surface area contributed by atoms with E-state index in [2.05, 4.69) is 0 Å². The van der Waals surface area contributed by atoms with Crippen LogP contribution in [0.1, 0.15) is 0 Å². The molecule has 0 fully saturated rings. The van der Waals surface area contributed by atoms with Crippen molar-refractivity contribution in [3.63, 3.8) is 0 Å². The van der Waals surface area contributed by atoms with Crippen LogP contribution in [0.3, 0.4) is 0 Å². The predicted molar refractivity (Wildman–Crippen MR) is 42.5 cm³/mol. The summed E-state index contributed by atoms with van der Waals surface area (Å²) < 4.78 is 9.47. The van der Waals surface area contributed by atoms with Crippen molar-refractivity contribution in [3.8, 4) is 0 Å². The number of aliphatic hydroxyl groups excluding tert-OH is 1. The Labute approximate surface area is 71.9 Å². The Kier molecular flexibility index (Phi) is 5.61. The molecule has 0 aliphatic carbocycles. The molecular formula is C7H15NO4. The molecule has 1 N–H and O–H groups in total. The van der Waals surface area contributed by atoms with Gasteiger partial charge in [-0.1, -0.05) is 0 Å². The Balaban J connectivity index is 3.97. The Bertz CT molecular complexity index is 135. The fourth-order valence-electron chi connectivity index (χ4n) is 0.738. The smallest absolute Gasteiger partial charge is 0.279 e. The first-order valence-electron chi connectivity index (χ1n) is 3.58. The molecule has 0 spiro atoms. The second-order valence-electron chi connectivity index (χ2n) is 2.29.